The zero-order chi connectivity index (χ0) is 18.7. The number of benzene rings is 1. The van der Waals surface area contributed by atoms with E-state index in [4.69, 9.17) is 22.1 Å². The number of esters is 1. The summed E-state index contributed by atoms with van der Waals surface area (Å²) in [5.41, 5.74) is 8.56. The SMILES string of the molecule is COC(=O)C1CCN(c2ncnc(Nc3cccc(Cl)c3C)c2N)CC1. The van der Waals surface area contributed by atoms with Crippen molar-refractivity contribution >= 4 is 40.6 Å². The number of carbonyl (C=O) groups is 1. The molecule has 0 aliphatic carbocycles. The molecule has 1 fully saturated rings. The number of carbonyl (C=O) groups excluding carboxylic acids is 1. The Morgan fingerprint density at radius 2 is 2.08 bits per heavy atom. The zero-order valence-corrected chi connectivity index (χ0v) is 15.6. The Kier molecular flexibility index (Phi) is 5.46. The number of nitrogens with zero attached hydrogens (tertiary/aromatic N) is 3. The Bertz CT molecular complexity index is 806. The highest BCUT2D eigenvalue weighted by molar-refractivity contribution is 6.31. The number of nitrogens with two attached hydrogens (primary N) is 1. The molecule has 2 heterocycles. The average molecular weight is 376 g/mol. The first kappa shape index (κ1) is 18.3. The monoisotopic (exact) mass is 375 g/mol. The van der Waals surface area contributed by atoms with Gasteiger partial charge in [0.2, 0.25) is 0 Å². The molecule has 1 aliphatic rings. The van der Waals surface area contributed by atoms with Gasteiger partial charge in [0.25, 0.3) is 0 Å². The molecule has 0 amide bonds. The van der Waals surface area contributed by atoms with Crippen molar-refractivity contribution in [2.24, 2.45) is 5.92 Å². The molecule has 1 saturated heterocycles. The molecule has 8 heteroatoms. The third-order valence-electron chi connectivity index (χ3n) is 4.71. The summed E-state index contributed by atoms with van der Waals surface area (Å²) in [6.07, 6.45) is 2.92. The predicted molar refractivity (Wildman–Crippen MR) is 103 cm³/mol. The molecule has 1 aromatic carbocycles. The van der Waals surface area contributed by atoms with Crippen LogP contribution in [0, 0.1) is 12.8 Å². The van der Waals surface area contributed by atoms with Gasteiger partial charge in [0.1, 0.15) is 12.0 Å². The lowest BCUT2D eigenvalue weighted by Gasteiger charge is -2.32. The second-order valence-corrected chi connectivity index (χ2v) is 6.69. The van der Waals surface area contributed by atoms with Gasteiger partial charge >= 0.3 is 5.97 Å². The second-order valence-electron chi connectivity index (χ2n) is 6.28. The fourth-order valence-electron chi connectivity index (χ4n) is 3.10. The fourth-order valence-corrected chi connectivity index (χ4v) is 3.28. The minimum Gasteiger partial charge on any atom is -0.469 e. The number of hydrogen-bond donors (Lipinski definition) is 2. The summed E-state index contributed by atoms with van der Waals surface area (Å²) in [6.45, 7) is 3.31. The Labute approximate surface area is 157 Å². The number of hydrogen-bond acceptors (Lipinski definition) is 7. The summed E-state index contributed by atoms with van der Waals surface area (Å²) >= 11 is 6.17. The van der Waals surface area contributed by atoms with Gasteiger partial charge < -0.3 is 20.7 Å². The van der Waals surface area contributed by atoms with E-state index in [1.807, 2.05) is 25.1 Å². The Morgan fingerprint density at radius 1 is 1.35 bits per heavy atom. The van der Waals surface area contributed by atoms with E-state index in [0.29, 0.717) is 48.3 Å². The molecule has 138 valence electrons. The van der Waals surface area contributed by atoms with Crippen LogP contribution in [-0.2, 0) is 9.53 Å². The number of rotatable bonds is 4. The van der Waals surface area contributed by atoms with Crippen LogP contribution in [-0.4, -0.2) is 36.1 Å². The summed E-state index contributed by atoms with van der Waals surface area (Å²) in [5, 5.41) is 3.91. The molecule has 0 atom stereocenters. The van der Waals surface area contributed by atoms with Gasteiger partial charge in [-0.2, -0.15) is 0 Å². The quantitative estimate of drug-likeness (QED) is 0.792. The lowest BCUT2D eigenvalue weighted by molar-refractivity contribution is -0.146. The molecule has 0 radical (unpaired) electrons. The third-order valence-corrected chi connectivity index (χ3v) is 5.12. The first-order valence-electron chi connectivity index (χ1n) is 8.46. The number of nitrogen functional groups attached to an aromatic ring is 1. The van der Waals surface area contributed by atoms with Gasteiger partial charge in [-0.3, -0.25) is 4.79 Å². The van der Waals surface area contributed by atoms with E-state index in [2.05, 4.69) is 20.2 Å². The Hall–Kier alpha value is -2.54. The maximum atomic E-state index is 11.7. The van der Waals surface area contributed by atoms with E-state index < -0.39 is 0 Å². The van der Waals surface area contributed by atoms with Crippen LogP contribution in [0.2, 0.25) is 5.02 Å². The van der Waals surface area contributed by atoms with E-state index >= 15 is 0 Å². The van der Waals surface area contributed by atoms with Crippen LogP contribution in [0.3, 0.4) is 0 Å². The van der Waals surface area contributed by atoms with Crippen LogP contribution < -0.4 is 16.0 Å². The number of nitrogens with one attached hydrogen (secondary N) is 1. The standard InChI is InChI=1S/C18H22ClN5O2/c1-11-13(19)4-3-5-14(11)23-16-15(20)17(22-10-21-16)24-8-6-12(7-9-24)18(25)26-2/h3-5,10,12H,6-9,20H2,1-2H3,(H,21,22,23). The molecule has 0 bridgehead atoms. The van der Waals surface area contributed by atoms with Gasteiger partial charge in [-0.25, -0.2) is 9.97 Å². The van der Waals surface area contributed by atoms with Gasteiger partial charge in [-0.1, -0.05) is 17.7 Å². The van der Waals surface area contributed by atoms with E-state index in [0.717, 1.165) is 11.3 Å². The molecular weight excluding hydrogens is 354 g/mol. The molecule has 0 spiro atoms. The summed E-state index contributed by atoms with van der Waals surface area (Å²) < 4.78 is 4.83. The molecule has 1 aromatic heterocycles. The van der Waals surface area contributed by atoms with Crippen molar-refractivity contribution in [3.63, 3.8) is 0 Å². The van der Waals surface area contributed by atoms with Gasteiger partial charge in [0.15, 0.2) is 11.6 Å². The van der Waals surface area contributed by atoms with E-state index in [1.54, 1.807) is 0 Å². The first-order chi connectivity index (χ1) is 12.5. The van der Waals surface area contributed by atoms with E-state index in [-0.39, 0.29) is 11.9 Å². The first-order valence-corrected chi connectivity index (χ1v) is 8.84. The number of aromatic nitrogens is 2. The summed E-state index contributed by atoms with van der Waals surface area (Å²) in [5.74, 6) is 0.992. The molecule has 1 aliphatic heterocycles. The number of anilines is 4. The molecule has 3 rings (SSSR count). The highest BCUT2D eigenvalue weighted by Crippen LogP contribution is 2.33. The zero-order valence-electron chi connectivity index (χ0n) is 14.8. The lowest BCUT2D eigenvalue weighted by Crippen LogP contribution is -2.37. The lowest BCUT2D eigenvalue weighted by atomic mass is 9.97. The van der Waals surface area contributed by atoms with Crippen LogP contribution in [0.15, 0.2) is 24.5 Å². The van der Waals surface area contributed by atoms with E-state index in [9.17, 15) is 4.79 Å². The largest absolute Gasteiger partial charge is 0.469 e. The topological polar surface area (TPSA) is 93.4 Å². The summed E-state index contributed by atoms with van der Waals surface area (Å²) in [6, 6.07) is 5.63. The molecule has 0 unspecified atom stereocenters. The maximum Gasteiger partial charge on any atom is 0.308 e. The van der Waals surface area contributed by atoms with Gasteiger partial charge in [0.05, 0.1) is 13.0 Å². The fraction of sp³-hybridized carbons (Fsp3) is 0.389. The number of piperidine rings is 1. The highest BCUT2D eigenvalue weighted by atomic mass is 35.5. The highest BCUT2D eigenvalue weighted by Gasteiger charge is 2.27. The Balaban J connectivity index is 1.78. The van der Waals surface area contributed by atoms with Crippen LogP contribution in [0.25, 0.3) is 0 Å². The molecule has 3 N–H and O–H groups in total. The van der Waals surface area contributed by atoms with Gasteiger partial charge in [-0.05, 0) is 37.5 Å². The van der Waals surface area contributed by atoms with Gasteiger partial charge in [0, 0.05) is 23.8 Å². The van der Waals surface area contributed by atoms with Crippen molar-refractivity contribution in [2.45, 2.75) is 19.8 Å². The van der Waals surface area contributed by atoms with Crippen molar-refractivity contribution < 1.29 is 9.53 Å². The summed E-state index contributed by atoms with van der Waals surface area (Å²) in [7, 11) is 1.42. The van der Waals surface area contributed by atoms with Crippen LogP contribution in [0.4, 0.5) is 23.0 Å². The van der Waals surface area contributed by atoms with Crippen molar-refractivity contribution in [1.29, 1.82) is 0 Å². The van der Waals surface area contributed by atoms with Crippen molar-refractivity contribution in [3.8, 4) is 0 Å². The van der Waals surface area contributed by atoms with Crippen LogP contribution >= 0.6 is 11.6 Å². The van der Waals surface area contributed by atoms with Crippen molar-refractivity contribution in [2.75, 3.05) is 36.1 Å². The minimum atomic E-state index is -0.154. The minimum absolute atomic E-state index is 0.0639. The Morgan fingerprint density at radius 3 is 2.77 bits per heavy atom. The third kappa shape index (κ3) is 3.67. The van der Waals surface area contributed by atoms with E-state index in [1.165, 1.54) is 13.4 Å². The molecular formula is C18H22ClN5O2. The number of ether oxygens (including phenoxy) is 1. The predicted octanol–water partition coefficient (Wildman–Crippen LogP) is 3.15. The molecule has 2 aromatic rings. The second kappa shape index (κ2) is 7.78. The maximum absolute atomic E-state index is 11.7. The number of halogens is 1. The van der Waals surface area contributed by atoms with Crippen LogP contribution in [0.5, 0.6) is 0 Å². The van der Waals surface area contributed by atoms with Crippen LogP contribution in [0.1, 0.15) is 18.4 Å². The average Bonchev–Trinajstić information content (AvgIpc) is 2.66. The van der Waals surface area contributed by atoms with Gasteiger partial charge in [-0.15, -0.1) is 0 Å². The smallest absolute Gasteiger partial charge is 0.308 e. The van der Waals surface area contributed by atoms with Crippen molar-refractivity contribution in [1.82, 2.24) is 9.97 Å². The number of methoxy groups -OCH3 is 1. The normalized spacial score (nSPS) is 15.0. The summed E-state index contributed by atoms with van der Waals surface area (Å²) in [4.78, 5) is 22.4. The molecule has 7 nitrogen and oxygen atoms in total. The molecule has 26 heavy (non-hydrogen) atoms. The molecule has 0 saturated carbocycles. The van der Waals surface area contributed by atoms with Crippen molar-refractivity contribution in [3.05, 3.63) is 35.1 Å².